The molecule has 0 N–H and O–H groups in total. The number of nitrogens with zero attached hydrogens (tertiary/aromatic N) is 3. The normalized spacial score (nSPS) is 11.6. The van der Waals surface area contributed by atoms with Gasteiger partial charge in [-0.25, -0.2) is 0 Å². The van der Waals surface area contributed by atoms with Crippen LogP contribution >= 0.6 is 11.6 Å². The summed E-state index contributed by atoms with van der Waals surface area (Å²) in [6.45, 7) is 5.25. The molecule has 1 atom stereocenters. The van der Waals surface area contributed by atoms with E-state index in [1.54, 1.807) is 37.3 Å². The molecule has 1 aromatic rings. The first-order chi connectivity index (χ1) is 9.36. The lowest BCUT2D eigenvalue weighted by molar-refractivity contribution is -0.137. The highest BCUT2D eigenvalue weighted by atomic mass is 35.5. The van der Waals surface area contributed by atoms with Crippen molar-refractivity contribution in [2.75, 3.05) is 20.6 Å². The fourth-order valence-corrected chi connectivity index (χ4v) is 1.71. The minimum Gasteiger partial charge on any atom is -0.336 e. The van der Waals surface area contributed by atoms with Crippen molar-refractivity contribution in [3.8, 4) is 0 Å². The van der Waals surface area contributed by atoms with Gasteiger partial charge in [0.25, 0.3) is 0 Å². The third-order valence-electron chi connectivity index (χ3n) is 3.08. The Kier molecular flexibility index (Phi) is 5.70. The van der Waals surface area contributed by atoms with E-state index in [1.165, 1.54) is 11.0 Å². The highest BCUT2D eigenvalue weighted by molar-refractivity contribution is 6.30. The molecule has 0 aliphatic carbocycles. The average molecular weight is 296 g/mol. The molecule has 0 saturated carbocycles. The predicted molar refractivity (Wildman–Crippen MR) is 78.3 cm³/mol. The maximum atomic E-state index is 12.1. The molecule has 108 valence electrons. The summed E-state index contributed by atoms with van der Waals surface area (Å²) >= 11 is 5.78. The van der Waals surface area contributed by atoms with Crippen molar-refractivity contribution in [1.29, 1.82) is 0 Å². The van der Waals surface area contributed by atoms with Crippen molar-refractivity contribution in [3.05, 3.63) is 41.7 Å². The Bertz CT molecular complexity index is 502. The number of aromatic nitrogens is 1. The summed E-state index contributed by atoms with van der Waals surface area (Å²) in [6, 6.07) is 3.30. The molecular weight excluding hydrogens is 278 g/mol. The van der Waals surface area contributed by atoms with Crippen LogP contribution in [0.4, 0.5) is 0 Å². The van der Waals surface area contributed by atoms with Gasteiger partial charge in [-0.1, -0.05) is 18.2 Å². The Hall–Kier alpha value is -1.88. The smallest absolute Gasteiger partial charge is 0.246 e. The molecule has 0 bridgehead atoms. The number of pyridine rings is 1. The van der Waals surface area contributed by atoms with Crippen LogP contribution in [0.5, 0.6) is 0 Å². The second-order valence-electron chi connectivity index (χ2n) is 4.48. The van der Waals surface area contributed by atoms with Crippen LogP contribution in [0.25, 0.3) is 0 Å². The van der Waals surface area contributed by atoms with E-state index in [0.717, 1.165) is 5.69 Å². The Morgan fingerprint density at radius 2 is 2.10 bits per heavy atom. The van der Waals surface area contributed by atoms with Gasteiger partial charge in [0.05, 0.1) is 23.3 Å². The maximum absolute atomic E-state index is 12.1. The summed E-state index contributed by atoms with van der Waals surface area (Å²) in [5, 5.41) is 0.547. The largest absolute Gasteiger partial charge is 0.336 e. The molecule has 1 heterocycles. The van der Waals surface area contributed by atoms with Crippen molar-refractivity contribution < 1.29 is 9.59 Å². The van der Waals surface area contributed by atoms with Gasteiger partial charge in [0.15, 0.2) is 0 Å². The SMILES string of the molecule is C=CC(=O)N(C)CC(=O)N(C)C(C)c1ccc(Cl)cn1. The van der Waals surface area contributed by atoms with E-state index in [0.29, 0.717) is 5.02 Å². The van der Waals surface area contributed by atoms with E-state index in [4.69, 9.17) is 11.6 Å². The maximum Gasteiger partial charge on any atom is 0.246 e. The highest BCUT2D eigenvalue weighted by Gasteiger charge is 2.20. The number of hydrogen-bond acceptors (Lipinski definition) is 3. The van der Waals surface area contributed by atoms with Crippen LogP contribution in [-0.2, 0) is 9.59 Å². The second-order valence-corrected chi connectivity index (χ2v) is 4.92. The van der Waals surface area contributed by atoms with E-state index in [-0.39, 0.29) is 24.4 Å². The summed E-state index contributed by atoms with van der Waals surface area (Å²) in [5.41, 5.74) is 0.739. The molecule has 2 amide bonds. The van der Waals surface area contributed by atoms with E-state index in [9.17, 15) is 9.59 Å². The number of carbonyl (C=O) groups is 2. The van der Waals surface area contributed by atoms with Gasteiger partial charge in [-0.2, -0.15) is 0 Å². The van der Waals surface area contributed by atoms with E-state index < -0.39 is 0 Å². The molecule has 20 heavy (non-hydrogen) atoms. The predicted octanol–water partition coefficient (Wildman–Crippen LogP) is 1.90. The highest BCUT2D eigenvalue weighted by Crippen LogP contribution is 2.18. The molecule has 0 fully saturated rings. The average Bonchev–Trinajstić information content (AvgIpc) is 2.45. The van der Waals surface area contributed by atoms with Gasteiger partial charge in [-0.05, 0) is 25.1 Å². The van der Waals surface area contributed by atoms with Crippen LogP contribution < -0.4 is 0 Å². The number of hydrogen-bond donors (Lipinski definition) is 0. The molecule has 0 radical (unpaired) electrons. The summed E-state index contributed by atoms with van der Waals surface area (Å²) in [6.07, 6.45) is 2.72. The fraction of sp³-hybridized carbons (Fsp3) is 0.357. The molecular formula is C14H18ClN3O2. The molecule has 0 saturated heterocycles. The number of carbonyl (C=O) groups excluding carboxylic acids is 2. The number of likely N-dealkylation sites (N-methyl/N-ethyl adjacent to an activating group) is 2. The monoisotopic (exact) mass is 295 g/mol. The van der Waals surface area contributed by atoms with E-state index in [2.05, 4.69) is 11.6 Å². The van der Waals surface area contributed by atoms with E-state index >= 15 is 0 Å². The lowest BCUT2D eigenvalue weighted by Gasteiger charge is -2.26. The zero-order valence-electron chi connectivity index (χ0n) is 11.8. The molecule has 0 aliphatic heterocycles. The first-order valence-electron chi connectivity index (χ1n) is 6.11. The molecule has 0 aromatic carbocycles. The topological polar surface area (TPSA) is 53.5 Å². The number of halogens is 1. The zero-order valence-corrected chi connectivity index (χ0v) is 12.6. The third-order valence-corrected chi connectivity index (χ3v) is 3.30. The number of amides is 2. The van der Waals surface area contributed by atoms with Crippen molar-refractivity contribution in [2.24, 2.45) is 0 Å². The lowest BCUT2D eigenvalue weighted by atomic mass is 10.2. The van der Waals surface area contributed by atoms with Crippen LogP contribution in [-0.4, -0.2) is 47.2 Å². The van der Waals surface area contributed by atoms with Crippen molar-refractivity contribution in [1.82, 2.24) is 14.8 Å². The molecule has 6 heteroatoms. The second kappa shape index (κ2) is 7.05. The lowest BCUT2D eigenvalue weighted by Crippen LogP contribution is -2.40. The van der Waals surface area contributed by atoms with Gasteiger partial charge in [-0.3, -0.25) is 14.6 Å². The van der Waals surface area contributed by atoms with Gasteiger partial charge in [0.2, 0.25) is 11.8 Å². The molecule has 0 aliphatic rings. The van der Waals surface area contributed by atoms with Crippen LogP contribution in [0.1, 0.15) is 18.7 Å². The van der Waals surface area contributed by atoms with Gasteiger partial charge in [-0.15, -0.1) is 0 Å². The van der Waals surface area contributed by atoms with Crippen molar-refractivity contribution in [2.45, 2.75) is 13.0 Å². The Morgan fingerprint density at radius 3 is 2.60 bits per heavy atom. The molecule has 1 aromatic heterocycles. The fourth-order valence-electron chi connectivity index (χ4n) is 1.60. The Morgan fingerprint density at radius 1 is 1.45 bits per heavy atom. The van der Waals surface area contributed by atoms with Gasteiger partial charge >= 0.3 is 0 Å². The van der Waals surface area contributed by atoms with Gasteiger partial charge < -0.3 is 9.80 Å². The quantitative estimate of drug-likeness (QED) is 0.780. The van der Waals surface area contributed by atoms with Crippen molar-refractivity contribution >= 4 is 23.4 Å². The molecule has 5 nitrogen and oxygen atoms in total. The molecule has 1 unspecified atom stereocenters. The first kappa shape index (κ1) is 16.2. The van der Waals surface area contributed by atoms with Crippen molar-refractivity contribution in [3.63, 3.8) is 0 Å². The number of rotatable bonds is 5. The van der Waals surface area contributed by atoms with Gasteiger partial charge in [0.1, 0.15) is 0 Å². The Balaban J connectivity index is 2.71. The summed E-state index contributed by atoms with van der Waals surface area (Å²) in [4.78, 5) is 30.5. The Labute approximate surface area is 123 Å². The minimum absolute atomic E-state index is 0.000711. The molecule has 0 spiro atoms. The standard InChI is InChI=1S/C14H18ClN3O2/c1-5-13(19)17(3)9-14(20)18(4)10(2)12-7-6-11(15)8-16-12/h5-8,10H,1,9H2,2-4H3. The summed E-state index contributed by atoms with van der Waals surface area (Å²) < 4.78 is 0. The van der Waals surface area contributed by atoms with Crippen LogP contribution in [0.15, 0.2) is 31.0 Å². The summed E-state index contributed by atoms with van der Waals surface area (Å²) in [5.74, 6) is -0.462. The van der Waals surface area contributed by atoms with Crippen LogP contribution in [0.2, 0.25) is 5.02 Å². The van der Waals surface area contributed by atoms with Gasteiger partial charge in [0, 0.05) is 20.3 Å². The zero-order chi connectivity index (χ0) is 15.3. The third kappa shape index (κ3) is 4.06. The minimum atomic E-state index is -0.288. The van der Waals surface area contributed by atoms with Crippen LogP contribution in [0, 0.1) is 0 Å². The van der Waals surface area contributed by atoms with Crippen LogP contribution in [0.3, 0.4) is 0 Å². The summed E-state index contributed by atoms with van der Waals surface area (Å²) in [7, 11) is 3.23. The first-order valence-corrected chi connectivity index (χ1v) is 6.49. The molecule has 1 rings (SSSR count). The van der Waals surface area contributed by atoms with E-state index in [1.807, 2.05) is 6.92 Å².